The van der Waals surface area contributed by atoms with E-state index in [-0.39, 0.29) is 30.8 Å². The van der Waals surface area contributed by atoms with Gasteiger partial charge in [-0.15, -0.1) is 0 Å². The molecule has 1 aliphatic heterocycles. The fraction of sp³-hybridized carbons (Fsp3) is 0.400. The number of carbonyl (C=O) groups is 2. The molecule has 0 amide bonds. The highest BCUT2D eigenvalue weighted by Crippen LogP contribution is 2.43. The van der Waals surface area contributed by atoms with Crippen LogP contribution in [0.1, 0.15) is 43.2 Å². The van der Waals surface area contributed by atoms with E-state index in [0.29, 0.717) is 24.8 Å². The van der Waals surface area contributed by atoms with Gasteiger partial charge in [-0.1, -0.05) is 36.8 Å². The zero-order valence-corrected chi connectivity index (χ0v) is 19.3. The number of nitriles is 1. The average Bonchev–Trinajstić information content (AvgIpc) is 2.84. The summed E-state index contributed by atoms with van der Waals surface area (Å²) in [4.78, 5) is 25.3. The molecule has 2 aromatic rings. The molecule has 0 aromatic heterocycles. The summed E-state index contributed by atoms with van der Waals surface area (Å²) in [5.74, 6) is -2.10. The Labute approximate surface area is 194 Å². The third kappa shape index (κ3) is 5.09. The van der Waals surface area contributed by atoms with Crippen molar-refractivity contribution in [2.45, 2.75) is 48.2 Å². The number of nitrogens with zero attached hydrogens (tertiary/aromatic N) is 1. The van der Waals surface area contributed by atoms with E-state index < -0.39 is 32.4 Å². The lowest BCUT2D eigenvalue weighted by atomic mass is 9.81. The van der Waals surface area contributed by atoms with E-state index in [2.05, 4.69) is 6.07 Å². The number of rotatable bonds is 9. The van der Waals surface area contributed by atoms with Gasteiger partial charge in [0.25, 0.3) is 0 Å². The number of methoxy groups -OCH3 is 1. The van der Waals surface area contributed by atoms with E-state index in [4.69, 9.17) is 14.7 Å². The number of ether oxygens (including phenoxy) is 2. The fourth-order valence-electron chi connectivity index (χ4n) is 4.46. The molecule has 1 aliphatic rings. The van der Waals surface area contributed by atoms with Crippen LogP contribution in [0.3, 0.4) is 0 Å². The van der Waals surface area contributed by atoms with Crippen LogP contribution in [0.25, 0.3) is 0 Å². The Bertz CT molecular complexity index is 1120. The number of hydrogen-bond acceptors (Lipinski definition) is 7. The molecule has 1 heterocycles. The van der Waals surface area contributed by atoms with Gasteiger partial charge in [0.1, 0.15) is 0 Å². The second-order valence-corrected chi connectivity index (χ2v) is 10.3. The molecule has 2 unspecified atom stereocenters. The average molecular weight is 470 g/mol. The zero-order valence-electron chi connectivity index (χ0n) is 18.5. The first-order valence-electron chi connectivity index (χ1n) is 10.9. The van der Waals surface area contributed by atoms with Crippen LogP contribution >= 0.6 is 0 Å². The molecule has 0 saturated carbocycles. The highest BCUT2D eigenvalue weighted by Gasteiger charge is 2.58. The quantitative estimate of drug-likeness (QED) is 0.407. The predicted octanol–water partition coefficient (Wildman–Crippen LogP) is 3.61. The third-order valence-corrected chi connectivity index (χ3v) is 8.77. The molecule has 1 saturated heterocycles. The lowest BCUT2D eigenvalue weighted by Crippen LogP contribution is -2.55. The molecule has 0 bridgehead atoms. The zero-order chi connectivity index (χ0) is 23.9. The summed E-state index contributed by atoms with van der Waals surface area (Å²) in [5, 5.41) is 8.94. The van der Waals surface area contributed by atoms with Crippen molar-refractivity contribution in [3.05, 3.63) is 65.7 Å². The summed E-state index contributed by atoms with van der Waals surface area (Å²) in [6.07, 6.45) is 1.88. The molecule has 0 spiro atoms. The van der Waals surface area contributed by atoms with E-state index >= 15 is 0 Å². The van der Waals surface area contributed by atoms with Crippen molar-refractivity contribution in [3.8, 4) is 6.07 Å². The van der Waals surface area contributed by atoms with E-state index in [1.54, 1.807) is 30.3 Å². The summed E-state index contributed by atoms with van der Waals surface area (Å²) in [5.41, 5.74) is 1.59. The number of esters is 2. The molecule has 0 N–H and O–H groups in total. The first kappa shape index (κ1) is 24.5. The van der Waals surface area contributed by atoms with Gasteiger partial charge in [-0.2, -0.15) is 5.26 Å². The number of unbranched alkanes of at least 4 members (excludes halogenated alkanes) is 1. The number of hydrogen-bond donors (Lipinski definition) is 0. The molecular formula is C25H27NO6S. The van der Waals surface area contributed by atoms with Crippen molar-refractivity contribution in [3.63, 3.8) is 0 Å². The number of benzene rings is 2. The minimum Gasteiger partial charge on any atom is -0.468 e. The van der Waals surface area contributed by atoms with Gasteiger partial charge in [-0.3, -0.25) is 9.59 Å². The van der Waals surface area contributed by atoms with Crippen LogP contribution in [0.2, 0.25) is 0 Å². The Morgan fingerprint density at radius 1 is 1.15 bits per heavy atom. The highest BCUT2D eigenvalue weighted by atomic mass is 32.2. The van der Waals surface area contributed by atoms with Gasteiger partial charge in [0.2, 0.25) is 0 Å². The minimum absolute atomic E-state index is 0.0291. The smallest absolute Gasteiger partial charge is 0.327 e. The first-order chi connectivity index (χ1) is 15.8. The molecule has 7 nitrogen and oxygen atoms in total. The maximum Gasteiger partial charge on any atom is 0.327 e. The van der Waals surface area contributed by atoms with Crippen molar-refractivity contribution in [2.75, 3.05) is 13.7 Å². The SMILES string of the molecule is COC(=O)C(CCCCc1ccc(C#N)cc1)(C1CCOC(=O)C1)S(=O)(=O)c1ccccc1. The first-order valence-corrected chi connectivity index (χ1v) is 12.4. The van der Waals surface area contributed by atoms with Crippen LogP contribution < -0.4 is 0 Å². The summed E-state index contributed by atoms with van der Waals surface area (Å²) in [6, 6.07) is 17.1. The largest absolute Gasteiger partial charge is 0.468 e. The lowest BCUT2D eigenvalue weighted by Gasteiger charge is -2.39. The van der Waals surface area contributed by atoms with Crippen molar-refractivity contribution >= 4 is 21.8 Å². The van der Waals surface area contributed by atoms with Crippen molar-refractivity contribution in [1.29, 1.82) is 5.26 Å². The molecule has 174 valence electrons. The van der Waals surface area contributed by atoms with Crippen LogP contribution in [0, 0.1) is 17.2 Å². The normalized spacial score (nSPS) is 17.9. The van der Waals surface area contributed by atoms with E-state index in [0.717, 1.165) is 5.56 Å². The summed E-state index contributed by atoms with van der Waals surface area (Å²) in [6.45, 7) is 0.0673. The monoisotopic (exact) mass is 469 g/mol. The minimum atomic E-state index is -4.17. The molecular weight excluding hydrogens is 442 g/mol. The topological polar surface area (TPSA) is 111 Å². The molecule has 33 heavy (non-hydrogen) atoms. The van der Waals surface area contributed by atoms with Gasteiger partial charge in [0.05, 0.1) is 36.7 Å². The highest BCUT2D eigenvalue weighted by molar-refractivity contribution is 7.93. The molecule has 2 aromatic carbocycles. The number of sulfone groups is 1. The molecule has 2 atom stereocenters. The van der Waals surface area contributed by atoms with Gasteiger partial charge in [0.15, 0.2) is 14.6 Å². The van der Waals surface area contributed by atoms with Gasteiger partial charge in [0, 0.05) is 5.92 Å². The Kier molecular flexibility index (Phi) is 7.88. The van der Waals surface area contributed by atoms with Gasteiger partial charge in [-0.05, 0) is 55.5 Å². The number of aryl methyl sites for hydroxylation is 1. The third-order valence-electron chi connectivity index (χ3n) is 6.21. The van der Waals surface area contributed by atoms with E-state index in [9.17, 15) is 18.0 Å². The molecule has 1 fully saturated rings. The summed E-state index contributed by atoms with van der Waals surface area (Å²) < 4.78 is 36.0. The van der Waals surface area contributed by atoms with Gasteiger partial charge in [-0.25, -0.2) is 8.42 Å². The Morgan fingerprint density at radius 2 is 1.85 bits per heavy atom. The van der Waals surface area contributed by atoms with Gasteiger partial charge >= 0.3 is 11.9 Å². The van der Waals surface area contributed by atoms with Crippen molar-refractivity contribution in [2.24, 2.45) is 5.92 Å². The lowest BCUT2D eigenvalue weighted by molar-refractivity contribution is -0.154. The standard InChI is InChI=1S/C25H27NO6S/c1-31-24(28)25(21-14-16-32-23(27)17-21,33(29,30)22-8-3-2-4-9-22)15-6-5-7-19-10-12-20(18-26)13-11-19/h2-4,8-13,21H,5-7,14-17H2,1H3. The van der Waals surface area contributed by atoms with Crippen LogP contribution in [0.5, 0.6) is 0 Å². The Morgan fingerprint density at radius 3 is 2.45 bits per heavy atom. The van der Waals surface area contributed by atoms with Crippen LogP contribution in [0.4, 0.5) is 0 Å². The molecule has 0 aliphatic carbocycles. The summed E-state index contributed by atoms with van der Waals surface area (Å²) in [7, 11) is -2.99. The van der Waals surface area contributed by atoms with Gasteiger partial charge < -0.3 is 9.47 Å². The van der Waals surface area contributed by atoms with E-state index in [1.807, 2.05) is 12.1 Å². The molecule has 0 radical (unpaired) electrons. The fourth-order valence-corrected chi connectivity index (χ4v) is 6.75. The number of cyclic esters (lactones) is 1. The Balaban J connectivity index is 1.91. The summed E-state index contributed by atoms with van der Waals surface area (Å²) >= 11 is 0. The molecule has 8 heteroatoms. The van der Waals surface area contributed by atoms with Crippen LogP contribution in [-0.4, -0.2) is 38.8 Å². The van der Waals surface area contributed by atoms with Crippen LogP contribution in [0.15, 0.2) is 59.5 Å². The van der Waals surface area contributed by atoms with Crippen LogP contribution in [-0.2, 0) is 35.3 Å². The Hall–Kier alpha value is -3.18. The second kappa shape index (κ2) is 10.6. The van der Waals surface area contributed by atoms with E-state index in [1.165, 1.54) is 19.2 Å². The van der Waals surface area contributed by atoms with Crippen molar-refractivity contribution < 1.29 is 27.5 Å². The maximum absolute atomic E-state index is 13.9. The predicted molar refractivity (Wildman–Crippen MR) is 121 cm³/mol. The second-order valence-electron chi connectivity index (χ2n) is 8.12. The number of carbonyl (C=O) groups excluding carboxylic acids is 2. The molecule has 3 rings (SSSR count). The van der Waals surface area contributed by atoms with Crippen molar-refractivity contribution in [1.82, 2.24) is 0 Å². The maximum atomic E-state index is 13.9.